The van der Waals surface area contributed by atoms with E-state index in [2.05, 4.69) is 4.98 Å². The van der Waals surface area contributed by atoms with Crippen LogP contribution in [-0.2, 0) is 14.3 Å². The van der Waals surface area contributed by atoms with Crippen LogP contribution in [-0.4, -0.2) is 38.8 Å². The monoisotopic (exact) mass is 336 g/mol. The van der Waals surface area contributed by atoms with Gasteiger partial charge in [0, 0.05) is 19.5 Å². The highest BCUT2D eigenvalue weighted by Crippen LogP contribution is 2.48. The van der Waals surface area contributed by atoms with Crippen LogP contribution in [0.25, 0.3) is 0 Å². The molecule has 2 heterocycles. The highest BCUT2D eigenvalue weighted by Gasteiger charge is 2.55. The number of aliphatic hydroxyl groups is 1. The molecule has 1 aliphatic carbocycles. The number of esters is 1. The molecule has 24 heavy (non-hydrogen) atoms. The van der Waals surface area contributed by atoms with E-state index in [4.69, 9.17) is 9.47 Å². The summed E-state index contributed by atoms with van der Waals surface area (Å²) in [7, 11) is 0. The number of ether oxygens (including phenoxy) is 2. The Morgan fingerprint density at radius 2 is 2.25 bits per heavy atom. The van der Waals surface area contributed by atoms with Gasteiger partial charge in [-0.2, -0.15) is 0 Å². The summed E-state index contributed by atoms with van der Waals surface area (Å²) >= 11 is 0. The summed E-state index contributed by atoms with van der Waals surface area (Å²) in [4.78, 5) is 26.0. The SMILES string of the molecule is CC(=O)OC1CC(c2ccncc2[N+](=O)[O-])OC(C2CC2)C1(C)O. The molecule has 8 heteroatoms. The number of carbonyl (C=O) groups is 1. The predicted octanol–water partition coefficient (Wildman–Crippen LogP) is 1.91. The Hall–Kier alpha value is -2.06. The van der Waals surface area contributed by atoms with Gasteiger partial charge in [-0.25, -0.2) is 0 Å². The summed E-state index contributed by atoms with van der Waals surface area (Å²) in [6, 6.07) is 1.54. The fourth-order valence-electron chi connectivity index (χ4n) is 3.36. The quantitative estimate of drug-likeness (QED) is 0.508. The van der Waals surface area contributed by atoms with Crippen LogP contribution < -0.4 is 0 Å². The third-order valence-electron chi connectivity index (χ3n) is 4.70. The number of nitrogens with zero attached hydrogens (tertiary/aromatic N) is 2. The molecule has 2 aliphatic rings. The molecule has 1 aromatic heterocycles. The van der Waals surface area contributed by atoms with Crippen molar-refractivity contribution in [1.82, 2.24) is 4.98 Å². The molecule has 1 N–H and O–H groups in total. The predicted molar refractivity (Wildman–Crippen MR) is 82.0 cm³/mol. The maximum absolute atomic E-state index is 11.4. The van der Waals surface area contributed by atoms with Gasteiger partial charge in [0.1, 0.15) is 17.9 Å². The summed E-state index contributed by atoms with van der Waals surface area (Å²) in [6.45, 7) is 2.88. The second-order valence-electron chi connectivity index (χ2n) is 6.63. The molecule has 0 spiro atoms. The molecule has 2 fully saturated rings. The van der Waals surface area contributed by atoms with E-state index in [1.165, 1.54) is 25.4 Å². The van der Waals surface area contributed by atoms with Gasteiger partial charge in [0.2, 0.25) is 0 Å². The summed E-state index contributed by atoms with van der Waals surface area (Å²) in [5.74, 6) is -0.332. The summed E-state index contributed by atoms with van der Waals surface area (Å²) in [5.41, 5.74) is -1.08. The number of carbonyl (C=O) groups excluding carboxylic acids is 1. The number of hydrogen-bond acceptors (Lipinski definition) is 7. The van der Waals surface area contributed by atoms with Crippen molar-refractivity contribution in [2.75, 3.05) is 0 Å². The molecule has 130 valence electrons. The van der Waals surface area contributed by atoms with Crippen molar-refractivity contribution in [2.45, 2.75) is 57.0 Å². The van der Waals surface area contributed by atoms with Crippen molar-refractivity contribution in [3.05, 3.63) is 34.1 Å². The Morgan fingerprint density at radius 3 is 2.83 bits per heavy atom. The van der Waals surface area contributed by atoms with E-state index < -0.39 is 34.8 Å². The molecule has 1 aromatic rings. The van der Waals surface area contributed by atoms with Gasteiger partial charge in [-0.3, -0.25) is 19.9 Å². The van der Waals surface area contributed by atoms with E-state index in [1.807, 2.05) is 0 Å². The van der Waals surface area contributed by atoms with Crippen molar-refractivity contribution in [2.24, 2.45) is 5.92 Å². The topological polar surface area (TPSA) is 112 Å². The summed E-state index contributed by atoms with van der Waals surface area (Å²) in [6.07, 6.45) is 2.67. The van der Waals surface area contributed by atoms with Gasteiger partial charge in [-0.05, 0) is 31.7 Å². The molecule has 1 aliphatic heterocycles. The minimum atomic E-state index is -1.33. The van der Waals surface area contributed by atoms with Gasteiger partial charge in [-0.15, -0.1) is 0 Å². The molecule has 8 nitrogen and oxygen atoms in total. The van der Waals surface area contributed by atoms with E-state index in [0.717, 1.165) is 12.8 Å². The molecule has 0 bridgehead atoms. The van der Waals surface area contributed by atoms with Gasteiger partial charge < -0.3 is 14.6 Å². The van der Waals surface area contributed by atoms with Gasteiger partial charge in [0.15, 0.2) is 0 Å². The number of pyridine rings is 1. The van der Waals surface area contributed by atoms with Crippen LogP contribution in [0, 0.1) is 16.0 Å². The van der Waals surface area contributed by atoms with Crippen LogP contribution in [0.3, 0.4) is 0 Å². The van der Waals surface area contributed by atoms with E-state index >= 15 is 0 Å². The number of nitro groups is 1. The van der Waals surface area contributed by atoms with Crippen molar-refractivity contribution in [1.29, 1.82) is 0 Å². The van der Waals surface area contributed by atoms with E-state index in [1.54, 1.807) is 6.92 Å². The van der Waals surface area contributed by atoms with E-state index in [-0.39, 0.29) is 18.0 Å². The zero-order valence-electron chi connectivity index (χ0n) is 13.5. The molecule has 4 atom stereocenters. The first kappa shape index (κ1) is 16.8. The fraction of sp³-hybridized carbons (Fsp3) is 0.625. The average molecular weight is 336 g/mol. The lowest BCUT2D eigenvalue weighted by Gasteiger charge is -2.45. The highest BCUT2D eigenvalue weighted by molar-refractivity contribution is 5.66. The van der Waals surface area contributed by atoms with Gasteiger partial charge in [-0.1, -0.05) is 0 Å². The van der Waals surface area contributed by atoms with Crippen LogP contribution in [0.5, 0.6) is 0 Å². The zero-order chi connectivity index (χ0) is 17.5. The maximum Gasteiger partial charge on any atom is 0.303 e. The Morgan fingerprint density at radius 1 is 1.54 bits per heavy atom. The first-order chi connectivity index (χ1) is 11.3. The highest BCUT2D eigenvalue weighted by atomic mass is 16.6. The Kier molecular flexibility index (Phi) is 4.27. The van der Waals surface area contributed by atoms with E-state index in [0.29, 0.717) is 5.56 Å². The lowest BCUT2D eigenvalue weighted by molar-refractivity contribution is -0.387. The number of hydrogen-bond donors (Lipinski definition) is 1. The van der Waals surface area contributed by atoms with Gasteiger partial charge >= 0.3 is 5.97 Å². The van der Waals surface area contributed by atoms with Crippen molar-refractivity contribution in [3.63, 3.8) is 0 Å². The Labute approximate surface area is 138 Å². The van der Waals surface area contributed by atoms with Crippen molar-refractivity contribution in [3.8, 4) is 0 Å². The van der Waals surface area contributed by atoms with Crippen molar-refractivity contribution < 1.29 is 24.3 Å². The second kappa shape index (κ2) is 6.10. The Bertz CT molecular complexity index is 658. The molecular weight excluding hydrogens is 316 g/mol. The molecular formula is C16H20N2O6. The van der Waals surface area contributed by atoms with Crippen LogP contribution in [0.2, 0.25) is 0 Å². The van der Waals surface area contributed by atoms with Crippen molar-refractivity contribution >= 4 is 11.7 Å². The third-order valence-corrected chi connectivity index (χ3v) is 4.70. The van der Waals surface area contributed by atoms with Crippen LogP contribution in [0.1, 0.15) is 44.8 Å². The smallest absolute Gasteiger partial charge is 0.303 e. The third kappa shape index (κ3) is 3.11. The molecule has 4 unspecified atom stereocenters. The Balaban J connectivity index is 1.95. The first-order valence-electron chi connectivity index (χ1n) is 7.94. The number of rotatable bonds is 4. The molecule has 3 rings (SSSR count). The van der Waals surface area contributed by atoms with Gasteiger partial charge in [0.05, 0.1) is 22.7 Å². The summed E-state index contributed by atoms with van der Waals surface area (Å²) in [5, 5.41) is 22.1. The lowest BCUT2D eigenvalue weighted by atomic mass is 9.81. The molecule has 0 amide bonds. The standard InChI is InChI=1S/C16H20N2O6/c1-9(19)23-14-7-13(11-5-6-17-8-12(11)18(21)22)24-15(10-3-4-10)16(14,2)20/h5-6,8,10,13-15,20H,3-4,7H2,1-2H3. The fourth-order valence-corrected chi connectivity index (χ4v) is 3.36. The molecule has 0 radical (unpaired) electrons. The maximum atomic E-state index is 11.4. The van der Waals surface area contributed by atoms with E-state index in [9.17, 15) is 20.0 Å². The normalized spacial score (nSPS) is 33.0. The first-order valence-corrected chi connectivity index (χ1v) is 7.94. The molecule has 1 saturated carbocycles. The summed E-state index contributed by atoms with van der Waals surface area (Å²) < 4.78 is 11.4. The molecule has 0 aromatic carbocycles. The number of aromatic nitrogens is 1. The van der Waals surface area contributed by atoms with Gasteiger partial charge in [0.25, 0.3) is 5.69 Å². The van der Waals surface area contributed by atoms with Crippen LogP contribution in [0.4, 0.5) is 5.69 Å². The largest absolute Gasteiger partial charge is 0.459 e. The van der Waals surface area contributed by atoms with Crippen LogP contribution in [0.15, 0.2) is 18.5 Å². The zero-order valence-corrected chi connectivity index (χ0v) is 13.5. The minimum absolute atomic E-state index is 0.139. The van der Waals surface area contributed by atoms with Crippen LogP contribution >= 0.6 is 0 Å². The second-order valence-corrected chi connectivity index (χ2v) is 6.63. The lowest BCUT2D eigenvalue weighted by Crippen LogP contribution is -2.57. The molecule has 1 saturated heterocycles. The average Bonchev–Trinajstić information content (AvgIpc) is 3.33. The minimum Gasteiger partial charge on any atom is -0.459 e.